The lowest BCUT2D eigenvalue weighted by Gasteiger charge is -2.38. The van der Waals surface area contributed by atoms with Crippen LogP contribution >= 0.6 is 0 Å². The van der Waals surface area contributed by atoms with Crippen LogP contribution < -0.4 is 14.4 Å². The van der Waals surface area contributed by atoms with Crippen molar-refractivity contribution in [1.82, 2.24) is 14.9 Å². The molecule has 30 heavy (non-hydrogen) atoms. The predicted octanol–water partition coefficient (Wildman–Crippen LogP) is 2.80. The van der Waals surface area contributed by atoms with E-state index >= 15 is 0 Å². The molecule has 0 aliphatic carbocycles. The molecule has 0 N–H and O–H groups in total. The van der Waals surface area contributed by atoms with Gasteiger partial charge in [-0.25, -0.2) is 4.98 Å². The summed E-state index contributed by atoms with van der Waals surface area (Å²) in [7, 11) is 5.25. The number of hydrogen-bond acceptors (Lipinski definition) is 7. The number of hydrogen-bond donors (Lipinski definition) is 0. The summed E-state index contributed by atoms with van der Waals surface area (Å²) in [4.78, 5) is 25.7. The minimum Gasteiger partial charge on any atom is -0.481 e. The first-order chi connectivity index (χ1) is 14.3. The van der Waals surface area contributed by atoms with Crippen LogP contribution in [0.3, 0.4) is 0 Å². The molecule has 0 aromatic carbocycles. The third-order valence-electron chi connectivity index (χ3n) is 5.37. The monoisotopic (exact) mass is 409 g/mol. The molecule has 2 atom stereocenters. The topological polar surface area (TPSA) is 91.6 Å². The van der Waals surface area contributed by atoms with E-state index in [2.05, 4.69) is 16.0 Å². The lowest BCUT2D eigenvalue weighted by molar-refractivity contribution is 0.0371. The summed E-state index contributed by atoms with van der Waals surface area (Å²) >= 11 is 0. The fourth-order valence-corrected chi connectivity index (χ4v) is 3.57. The summed E-state index contributed by atoms with van der Waals surface area (Å²) in [5.74, 6) is 1.38. The number of pyridine rings is 2. The Hall–Kier alpha value is -3.34. The van der Waals surface area contributed by atoms with Crippen molar-refractivity contribution in [3.8, 4) is 17.8 Å². The minimum absolute atomic E-state index is 0.0777. The van der Waals surface area contributed by atoms with E-state index in [1.54, 1.807) is 36.4 Å². The average molecular weight is 409 g/mol. The molecule has 0 spiro atoms. The number of amides is 1. The van der Waals surface area contributed by atoms with E-state index < -0.39 is 0 Å². The van der Waals surface area contributed by atoms with E-state index in [9.17, 15) is 10.1 Å². The zero-order chi connectivity index (χ0) is 21.8. The molecule has 2 aromatic heterocycles. The fourth-order valence-electron chi connectivity index (χ4n) is 3.57. The molecule has 1 amide bonds. The molecule has 1 aliphatic rings. The van der Waals surface area contributed by atoms with Crippen molar-refractivity contribution in [2.75, 3.05) is 32.6 Å². The number of nitrogens with zero attached hydrogens (tertiary/aromatic N) is 5. The molecule has 1 saturated heterocycles. The first-order valence-electron chi connectivity index (χ1n) is 9.91. The lowest BCUT2D eigenvalue weighted by Crippen LogP contribution is -2.49. The van der Waals surface area contributed by atoms with Crippen LogP contribution in [0, 0.1) is 18.3 Å². The second-order valence-electron chi connectivity index (χ2n) is 7.64. The van der Waals surface area contributed by atoms with Crippen LogP contribution in [0.25, 0.3) is 0 Å². The highest BCUT2D eigenvalue weighted by Gasteiger charge is 2.33. The molecule has 2 aromatic rings. The van der Waals surface area contributed by atoms with E-state index in [0.717, 1.165) is 12.8 Å². The molecule has 1 fully saturated rings. The highest BCUT2D eigenvalue weighted by molar-refractivity contribution is 5.99. The van der Waals surface area contributed by atoms with E-state index in [1.807, 2.05) is 32.8 Å². The standard InChI is InChI=1S/C22H27N5O3/c1-14-6-7-17(30-21-15(2)16(12-23)10-11-24-21)13-27(14)22(28)18-8-9-19(29-5)25-20(18)26(3)4/h8-11,14,17H,6-7,13H2,1-5H3. The van der Waals surface area contributed by atoms with Gasteiger partial charge in [-0.2, -0.15) is 10.2 Å². The summed E-state index contributed by atoms with van der Waals surface area (Å²) < 4.78 is 11.3. The van der Waals surface area contributed by atoms with Crippen LogP contribution in [-0.2, 0) is 0 Å². The van der Waals surface area contributed by atoms with Crippen molar-refractivity contribution >= 4 is 11.7 Å². The maximum Gasteiger partial charge on any atom is 0.257 e. The summed E-state index contributed by atoms with van der Waals surface area (Å²) in [5, 5.41) is 9.23. The molecule has 3 heterocycles. The van der Waals surface area contributed by atoms with Gasteiger partial charge in [0.25, 0.3) is 5.91 Å². The number of carbonyl (C=O) groups is 1. The number of piperidine rings is 1. The van der Waals surface area contributed by atoms with Gasteiger partial charge < -0.3 is 19.3 Å². The van der Waals surface area contributed by atoms with Crippen molar-refractivity contribution < 1.29 is 14.3 Å². The van der Waals surface area contributed by atoms with Gasteiger partial charge in [0.15, 0.2) is 0 Å². The summed E-state index contributed by atoms with van der Waals surface area (Å²) in [6, 6.07) is 7.34. The van der Waals surface area contributed by atoms with Gasteiger partial charge in [0.2, 0.25) is 11.8 Å². The number of likely N-dealkylation sites (tertiary alicyclic amines) is 1. The van der Waals surface area contributed by atoms with Crippen LogP contribution in [0.4, 0.5) is 5.82 Å². The number of ether oxygens (including phenoxy) is 2. The Morgan fingerprint density at radius 1 is 1.30 bits per heavy atom. The molecule has 8 nitrogen and oxygen atoms in total. The van der Waals surface area contributed by atoms with Gasteiger partial charge in [0.1, 0.15) is 11.9 Å². The molecule has 0 radical (unpaired) electrons. The zero-order valence-corrected chi connectivity index (χ0v) is 18.0. The Bertz CT molecular complexity index is 970. The Kier molecular flexibility index (Phi) is 6.40. The largest absolute Gasteiger partial charge is 0.481 e. The predicted molar refractivity (Wildman–Crippen MR) is 113 cm³/mol. The number of methoxy groups -OCH3 is 1. The number of anilines is 1. The van der Waals surface area contributed by atoms with Crippen molar-refractivity contribution in [1.29, 1.82) is 5.26 Å². The molecule has 1 aliphatic heterocycles. The molecule has 3 rings (SSSR count). The van der Waals surface area contributed by atoms with Crippen molar-refractivity contribution in [2.45, 2.75) is 38.8 Å². The SMILES string of the molecule is COc1ccc(C(=O)N2CC(Oc3nccc(C#N)c3C)CCC2C)c(N(C)C)n1. The molecule has 8 heteroatoms. The summed E-state index contributed by atoms with van der Waals surface area (Å²) in [6.45, 7) is 4.30. The van der Waals surface area contributed by atoms with Crippen LogP contribution in [0.2, 0.25) is 0 Å². The highest BCUT2D eigenvalue weighted by Crippen LogP contribution is 2.28. The van der Waals surface area contributed by atoms with Crippen LogP contribution in [0.1, 0.15) is 41.3 Å². The normalized spacial score (nSPS) is 18.5. The summed E-state index contributed by atoms with van der Waals surface area (Å²) in [5.41, 5.74) is 1.77. The van der Waals surface area contributed by atoms with Crippen LogP contribution in [0.5, 0.6) is 11.8 Å². The third-order valence-corrected chi connectivity index (χ3v) is 5.37. The van der Waals surface area contributed by atoms with Crippen LogP contribution in [-0.4, -0.2) is 60.7 Å². The summed E-state index contributed by atoms with van der Waals surface area (Å²) in [6.07, 6.45) is 3.00. The molecule has 2 unspecified atom stereocenters. The van der Waals surface area contributed by atoms with Crippen LogP contribution in [0.15, 0.2) is 24.4 Å². The van der Waals surface area contributed by atoms with Gasteiger partial charge in [0.05, 0.1) is 30.9 Å². The number of rotatable bonds is 5. The maximum atomic E-state index is 13.4. The molecule has 158 valence electrons. The minimum atomic E-state index is -0.195. The van der Waals surface area contributed by atoms with E-state index in [0.29, 0.717) is 40.8 Å². The zero-order valence-electron chi connectivity index (χ0n) is 18.0. The molecular weight excluding hydrogens is 382 g/mol. The first-order valence-corrected chi connectivity index (χ1v) is 9.91. The highest BCUT2D eigenvalue weighted by atomic mass is 16.5. The second kappa shape index (κ2) is 8.99. The van der Waals surface area contributed by atoms with Gasteiger partial charge >= 0.3 is 0 Å². The Morgan fingerprint density at radius 3 is 2.73 bits per heavy atom. The van der Waals surface area contributed by atoms with Gasteiger partial charge in [-0.15, -0.1) is 0 Å². The molecule has 0 bridgehead atoms. The second-order valence-corrected chi connectivity index (χ2v) is 7.64. The average Bonchev–Trinajstić information content (AvgIpc) is 2.75. The molecular formula is C22H27N5O3. The van der Waals surface area contributed by atoms with Gasteiger partial charge in [-0.1, -0.05) is 0 Å². The molecule has 0 saturated carbocycles. The Balaban J connectivity index is 1.83. The first kappa shape index (κ1) is 21.4. The maximum absolute atomic E-state index is 13.4. The number of nitriles is 1. The van der Waals surface area contributed by atoms with Crippen molar-refractivity contribution in [3.05, 3.63) is 41.1 Å². The fraction of sp³-hybridized carbons (Fsp3) is 0.455. The van der Waals surface area contributed by atoms with Gasteiger partial charge in [-0.3, -0.25) is 4.79 Å². The van der Waals surface area contributed by atoms with E-state index in [4.69, 9.17) is 9.47 Å². The number of carbonyl (C=O) groups excluding carboxylic acids is 1. The van der Waals surface area contributed by atoms with Crippen molar-refractivity contribution in [2.24, 2.45) is 0 Å². The Morgan fingerprint density at radius 2 is 2.07 bits per heavy atom. The quantitative estimate of drug-likeness (QED) is 0.750. The lowest BCUT2D eigenvalue weighted by atomic mass is 10.00. The third kappa shape index (κ3) is 4.30. The van der Waals surface area contributed by atoms with Gasteiger partial charge in [-0.05, 0) is 38.8 Å². The van der Waals surface area contributed by atoms with E-state index in [1.165, 1.54) is 0 Å². The Labute approximate surface area is 177 Å². The van der Waals surface area contributed by atoms with Gasteiger partial charge in [0, 0.05) is 38.0 Å². The smallest absolute Gasteiger partial charge is 0.257 e. The van der Waals surface area contributed by atoms with Crippen molar-refractivity contribution in [3.63, 3.8) is 0 Å². The van der Waals surface area contributed by atoms with E-state index in [-0.39, 0.29) is 18.1 Å². The number of aromatic nitrogens is 2.